The molecule has 1 fully saturated rings. The van der Waals surface area contributed by atoms with E-state index in [9.17, 15) is 5.11 Å². The van der Waals surface area contributed by atoms with Crippen molar-refractivity contribution in [3.8, 4) is 0 Å². The van der Waals surface area contributed by atoms with E-state index in [2.05, 4.69) is 49.9 Å². The van der Waals surface area contributed by atoms with Crippen molar-refractivity contribution in [1.29, 1.82) is 0 Å². The molecule has 2 nitrogen and oxygen atoms in total. The third-order valence-electron chi connectivity index (χ3n) is 4.37. The topological polar surface area (TPSA) is 23.5 Å². The van der Waals surface area contributed by atoms with Gasteiger partial charge in [0.25, 0.3) is 0 Å². The highest BCUT2D eigenvalue weighted by Crippen LogP contribution is 2.30. The Kier molecular flexibility index (Phi) is 4.64. The van der Waals surface area contributed by atoms with Crippen molar-refractivity contribution >= 4 is 0 Å². The Morgan fingerprint density at radius 2 is 1.95 bits per heavy atom. The zero-order chi connectivity index (χ0) is 13.9. The predicted molar refractivity (Wildman–Crippen MR) is 80.3 cm³/mol. The number of aliphatic hydroxyl groups is 1. The summed E-state index contributed by atoms with van der Waals surface area (Å²) in [5.41, 5.74) is 2.64. The normalized spacial score (nSPS) is 20.6. The van der Waals surface area contributed by atoms with E-state index in [1.165, 1.54) is 24.8 Å². The number of nitrogens with zero attached hydrogens (tertiary/aromatic N) is 1. The smallest absolute Gasteiger partial charge is 0.0917 e. The van der Waals surface area contributed by atoms with Crippen LogP contribution in [0.5, 0.6) is 0 Å². The van der Waals surface area contributed by atoms with Crippen molar-refractivity contribution in [2.24, 2.45) is 0 Å². The lowest BCUT2D eigenvalue weighted by Gasteiger charge is -2.33. The van der Waals surface area contributed by atoms with E-state index in [4.69, 9.17) is 0 Å². The average Bonchev–Trinajstić information content (AvgIpc) is 2.70. The van der Waals surface area contributed by atoms with Crippen LogP contribution >= 0.6 is 0 Å². The molecule has 1 aromatic rings. The molecule has 106 valence electrons. The number of hydrogen-bond donors (Lipinski definition) is 1. The molecule has 0 bridgehead atoms. The van der Waals surface area contributed by atoms with Gasteiger partial charge in [-0.15, -0.1) is 0 Å². The number of rotatable bonds is 5. The van der Waals surface area contributed by atoms with Crippen LogP contribution in [0.15, 0.2) is 24.3 Å². The first-order chi connectivity index (χ1) is 9.03. The fraction of sp³-hybridized carbons (Fsp3) is 0.647. The van der Waals surface area contributed by atoms with Gasteiger partial charge < -0.3 is 5.11 Å². The first-order valence-corrected chi connectivity index (χ1v) is 7.55. The van der Waals surface area contributed by atoms with Gasteiger partial charge in [0, 0.05) is 12.1 Å². The van der Waals surface area contributed by atoms with Gasteiger partial charge in [0.15, 0.2) is 0 Å². The van der Waals surface area contributed by atoms with Gasteiger partial charge in [-0.25, -0.2) is 0 Å². The summed E-state index contributed by atoms with van der Waals surface area (Å²) in [5, 5.41) is 10.4. The SMILES string of the molecule is CCCc1ccc(C(O)CN2CCCC2(C)C)cc1. The van der Waals surface area contributed by atoms with Crippen LogP contribution in [0.3, 0.4) is 0 Å². The Hall–Kier alpha value is -0.860. The van der Waals surface area contributed by atoms with Crippen LogP contribution in [0.1, 0.15) is 57.3 Å². The summed E-state index contributed by atoms with van der Waals surface area (Å²) in [5.74, 6) is 0. The molecule has 1 aliphatic heterocycles. The van der Waals surface area contributed by atoms with Gasteiger partial charge in [0.2, 0.25) is 0 Å². The van der Waals surface area contributed by atoms with E-state index in [1.54, 1.807) is 0 Å². The van der Waals surface area contributed by atoms with Crippen LogP contribution < -0.4 is 0 Å². The average molecular weight is 261 g/mol. The molecule has 1 atom stereocenters. The number of benzene rings is 1. The molecule has 2 heteroatoms. The van der Waals surface area contributed by atoms with Crippen molar-refractivity contribution in [1.82, 2.24) is 4.90 Å². The van der Waals surface area contributed by atoms with Crippen LogP contribution in [-0.2, 0) is 6.42 Å². The summed E-state index contributed by atoms with van der Waals surface area (Å²) in [6, 6.07) is 8.46. The third-order valence-corrected chi connectivity index (χ3v) is 4.37. The Bertz CT molecular complexity index is 396. The number of β-amino-alcohol motifs (C(OH)–C–C–N with tert-alkyl or cyclic N) is 1. The zero-order valence-corrected chi connectivity index (χ0v) is 12.5. The van der Waals surface area contributed by atoms with Crippen LogP contribution in [0.4, 0.5) is 0 Å². The Morgan fingerprint density at radius 1 is 1.26 bits per heavy atom. The molecular formula is C17H27NO. The van der Waals surface area contributed by atoms with E-state index >= 15 is 0 Å². The van der Waals surface area contributed by atoms with Gasteiger partial charge in [-0.1, -0.05) is 37.6 Å². The van der Waals surface area contributed by atoms with Crippen molar-refractivity contribution in [2.45, 2.75) is 58.1 Å². The van der Waals surface area contributed by atoms with Gasteiger partial charge in [-0.2, -0.15) is 0 Å². The van der Waals surface area contributed by atoms with Crippen LogP contribution in [0.25, 0.3) is 0 Å². The lowest BCUT2D eigenvalue weighted by molar-refractivity contribution is 0.0779. The molecule has 2 rings (SSSR count). The molecule has 1 aliphatic rings. The highest BCUT2D eigenvalue weighted by molar-refractivity contribution is 5.24. The molecule has 0 saturated carbocycles. The largest absolute Gasteiger partial charge is 0.387 e. The molecule has 0 amide bonds. The molecule has 0 aromatic heterocycles. The minimum Gasteiger partial charge on any atom is -0.387 e. The fourth-order valence-electron chi connectivity index (χ4n) is 3.01. The maximum atomic E-state index is 10.4. The molecule has 1 unspecified atom stereocenters. The number of hydrogen-bond acceptors (Lipinski definition) is 2. The molecule has 0 spiro atoms. The highest BCUT2D eigenvalue weighted by Gasteiger charge is 2.32. The minimum absolute atomic E-state index is 0.239. The standard InChI is InChI=1S/C17H27NO/c1-4-6-14-7-9-15(10-8-14)16(19)13-18-12-5-11-17(18,2)3/h7-10,16,19H,4-6,11-13H2,1-3H3. The molecular weight excluding hydrogens is 234 g/mol. The molecule has 1 aromatic carbocycles. The van der Waals surface area contributed by atoms with Gasteiger partial charge in [0.05, 0.1) is 6.10 Å². The van der Waals surface area contributed by atoms with E-state index < -0.39 is 0 Å². The fourth-order valence-corrected chi connectivity index (χ4v) is 3.01. The summed E-state index contributed by atoms with van der Waals surface area (Å²) in [6.45, 7) is 8.60. The number of aliphatic hydroxyl groups excluding tert-OH is 1. The summed E-state index contributed by atoms with van der Waals surface area (Å²) in [4.78, 5) is 2.41. The highest BCUT2D eigenvalue weighted by atomic mass is 16.3. The molecule has 1 N–H and O–H groups in total. The van der Waals surface area contributed by atoms with Gasteiger partial charge >= 0.3 is 0 Å². The molecule has 0 aliphatic carbocycles. The van der Waals surface area contributed by atoms with Crippen LogP contribution in [-0.4, -0.2) is 28.6 Å². The van der Waals surface area contributed by atoms with Crippen molar-refractivity contribution in [3.05, 3.63) is 35.4 Å². The second kappa shape index (κ2) is 6.06. The molecule has 1 heterocycles. The first kappa shape index (κ1) is 14.5. The van der Waals surface area contributed by atoms with Crippen molar-refractivity contribution < 1.29 is 5.11 Å². The summed E-state index contributed by atoms with van der Waals surface area (Å²) >= 11 is 0. The summed E-state index contributed by atoms with van der Waals surface area (Å²) in [6.07, 6.45) is 4.40. The summed E-state index contributed by atoms with van der Waals surface area (Å²) in [7, 11) is 0. The number of aryl methyl sites for hydroxylation is 1. The summed E-state index contributed by atoms with van der Waals surface area (Å²) < 4.78 is 0. The molecule has 19 heavy (non-hydrogen) atoms. The van der Waals surface area contributed by atoms with Crippen LogP contribution in [0, 0.1) is 0 Å². The minimum atomic E-state index is -0.368. The van der Waals surface area contributed by atoms with Gasteiger partial charge in [-0.05, 0) is 50.8 Å². The maximum absolute atomic E-state index is 10.4. The van der Waals surface area contributed by atoms with E-state index in [-0.39, 0.29) is 11.6 Å². The van der Waals surface area contributed by atoms with E-state index in [1.807, 2.05) is 0 Å². The van der Waals surface area contributed by atoms with Gasteiger partial charge in [-0.3, -0.25) is 4.90 Å². The number of likely N-dealkylation sites (tertiary alicyclic amines) is 1. The predicted octanol–water partition coefficient (Wildman–Crippen LogP) is 3.55. The molecule has 0 radical (unpaired) electrons. The van der Waals surface area contributed by atoms with E-state index in [0.29, 0.717) is 0 Å². The Labute approximate surface area is 117 Å². The quantitative estimate of drug-likeness (QED) is 0.876. The lowest BCUT2D eigenvalue weighted by Crippen LogP contribution is -2.40. The Morgan fingerprint density at radius 3 is 2.47 bits per heavy atom. The second-order valence-electron chi connectivity index (χ2n) is 6.37. The second-order valence-corrected chi connectivity index (χ2v) is 6.37. The zero-order valence-electron chi connectivity index (χ0n) is 12.5. The molecule has 1 saturated heterocycles. The van der Waals surface area contributed by atoms with E-state index in [0.717, 1.165) is 25.1 Å². The third kappa shape index (κ3) is 3.58. The lowest BCUT2D eigenvalue weighted by atomic mass is 10.0. The Balaban J connectivity index is 1.97. The monoisotopic (exact) mass is 261 g/mol. The van der Waals surface area contributed by atoms with Crippen molar-refractivity contribution in [3.63, 3.8) is 0 Å². The maximum Gasteiger partial charge on any atom is 0.0917 e. The van der Waals surface area contributed by atoms with Crippen molar-refractivity contribution in [2.75, 3.05) is 13.1 Å². The van der Waals surface area contributed by atoms with Gasteiger partial charge in [0.1, 0.15) is 0 Å². The van der Waals surface area contributed by atoms with Crippen LogP contribution in [0.2, 0.25) is 0 Å². The first-order valence-electron chi connectivity index (χ1n) is 7.55.